The van der Waals surface area contributed by atoms with Crippen LogP contribution in [0.25, 0.3) is 77.2 Å². The van der Waals surface area contributed by atoms with Crippen LogP contribution >= 0.6 is 0 Å². The molecule has 8 aromatic carbocycles. The second-order valence-electron chi connectivity index (χ2n) is 17.7. The van der Waals surface area contributed by atoms with Crippen LogP contribution in [-0.4, -0.2) is 0 Å². The lowest BCUT2D eigenvalue weighted by atomic mass is 9.79. The van der Waals surface area contributed by atoms with E-state index in [9.17, 15) is 0 Å². The van der Waals surface area contributed by atoms with Gasteiger partial charge in [0, 0.05) is 10.8 Å². The molecule has 0 heteroatoms. The van der Waals surface area contributed by atoms with Crippen molar-refractivity contribution in [3.63, 3.8) is 0 Å². The van der Waals surface area contributed by atoms with Crippen molar-refractivity contribution in [1.29, 1.82) is 0 Å². The molecule has 0 N–H and O–H groups in total. The van der Waals surface area contributed by atoms with E-state index in [1.807, 2.05) is 0 Å². The molecule has 10 rings (SSSR count). The minimum Gasteiger partial charge on any atom is -0.0619 e. The van der Waals surface area contributed by atoms with E-state index in [4.69, 9.17) is 0 Å². The second kappa shape index (κ2) is 11.4. The Morgan fingerprint density at radius 1 is 0.333 bits per heavy atom. The SMILES string of the molecule is CC(C)(C)c1ccc(-c2c3ccccc3c(-c3ccc4c(c3)C(C)(C)c3ccccc3-4)c3cc(-c4ccc5c(c4)C(C)(C)c4ccccc4-5)ccc23)cc1. The lowest BCUT2D eigenvalue weighted by Crippen LogP contribution is -2.15. The highest BCUT2D eigenvalue weighted by atomic mass is 14.4. The first-order valence-electron chi connectivity index (χ1n) is 19.5. The molecule has 8 aromatic rings. The maximum absolute atomic E-state index is 2.50. The summed E-state index contributed by atoms with van der Waals surface area (Å²) in [5, 5.41) is 5.15. The number of benzene rings is 8. The molecule has 0 heterocycles. The summed E-state index contributed by atoms with van der Waals surface area (Å²) in [6.45, 7) is 16.4. The van der Waals surface area contributed by atoms with E-state index in [1.54, 1.807) is 0 Å². The van der Waals surface area contributed by atoms with Crippen molar-refractivity contribution in [2.45, 2.75) is 64.7 Å². The molecule has 0 aliphatic heterocycles. The second-order valence-corrected chi connectivity index (χ2v) is 17.7. The summed E-state index contributed by atoms with van der Waals surface area (Å²) >= 11 is 0. The van der Waals surface area contributed by atoms with Crippen LogP contribution in [0.5, 0.6) is 0 Å². The van der Waals surface area contributed by atoms with Crippen LogP contribution in [0.1, 0.15) is 76.3 Å². The molecule has 0 unspecified atom stereocenters. The minimum atomic E-state index is -0.0811. The Kier molecular flexibility index (Phi) is 6.94. The van der Waals surface area contributed by atoms with Crippen LogP contribution in [0.2, 0.25) is 0 Å². The fourth-order valence-electron chi connectivity index (χ4n) is 9.86. The fraction of sp³-hybridized carbons (Fsp3) is 0.185. The van der Waals surface area contributed by atoms with Crippen molar-refractivity contribution >= 4 is 21.5 Å². The maximum Gasteiger partial charge on any atom is 0.0159 e. The highest BCUT2D eigenvalue weighted by Gasteiger charge is 2.37. The zero-order chi connectivity index (χ0) is 37.1. The van der Waals surface area contributed by atoms with Crippen LogP contribution in [0.15, 0.2) is 152 Å². The smallest absolute Gasteiger partial charge is 0.0159 e. The molecular formula is C54H46. The molecule has 0 fully saturated rings. The van der Waals surface area contributed by atoms with Crippen molar-refractivity contribution in [2.75, 3.05) is 0 Å². The Hall–Kier alpha value is -5.72. The van der Waals surface area contributed by atoms with Gasteiger partial charge in [-0.3, -0.25) is 0 Å². The molecule has 0 nitrogen and oxygen atoms in total. The van der Waals surface area contributed by atoms with Crippen molar-refractivity contribution in [1.82, 2.24) is 0 Å². The predicted molar refractivity (Wildman–Crippen MR) is 232 cm³/mol. The topological polar surface area (TPSA) is 0 Å². The first-order valence-corrected chi connectivity index (χ1v) is 19.5. The molecule has 0 bridgehead atoms. The van der Waals surface area contributed by atoms with Gasteiger partial charge in [0.05, 0.1) is 0 Å². The summed E-state index contributed by atoms with van der Waals surface area (Å²) < 4.78 is 0. The number of rotatable bonds is 3. The molecule has 262 valence electrons. The Balaban J connectivity index is 1.24. The van der Waals surface area contributed by atoms with Gasteiger partial charge in [0.2, 0.25) is 0 Å². The number of hydrogen-bond donors (Lipinski definition) is 0. The zero-order valence-corrected chi connectivity index (χ0v) is 32.4. The normalized spacial score (nSPS) is 14.9. The van der Waals surface area contributed by atoms with Gasteiger partial charge in [0.15, 0.2) is 0 Å². The third-order valence-corrected chi connectivity index (χ3v) is 12.9. The summed E-state index contributed by atoms with van der Waals surface area (Å²) in [6, 6.07) is 57.9. The third kappa shape index (κ3) is 4.69. The molecule has 0 aromatic heterocycles. The molecule has 0 spiro atoms. The van der Waals surface area contributed by atoms with E-state index < -0.39 is 0 Å². The average Bonchev–Trinajstić information content (AvgIpc) is 3.55. The summed E-state index contributed by atoms with van der Waals surface area (Å²) in [7, 11) is 0. The highest BCUT2D eigenvalue weighted by Crippen LogP contribution is 2.53. The van der Waals surface area contributed by atoms with Gasteiger partial charge in [-0.25, -0.2) is 0 Å². The Morgan fingerprint density at radius 3 is 1.31 bits per heavy atom. The van der Waals surface area contributed by atoms with Gasteiger partial charge in [-0.05, 0) is 129 Å². The van der Waals surface area contributed by atoms with Crippen molar-refractivity contribution < 1.29 is 0 Å². The fourth-order valence-corrected chi connectivity index (χ4v) is 9.86. The third-order valence-electron chi connectivity index (χ3n) is 12.9. The predicted octanol–water partition coefficient (Wildman–Crippen LogP) is 14.9. The van der Waals surface area contributed by atoms with E-state index in [1.165, 1.54) is 105 Å². The van der Waals surface area contributed by atoms with Crippen LogP contribution in [0, 0.1) is 0 Å². The first kappa shape index (κ1) is 32.9. The summed E-state index contributed by atoms with van der Waals surface area (Å²) in [6.07, 6.45) is 0. The highest BCUT2D eigenvalue weighted by molar-refractivity contribution is 6.22. The Bertz CT molecular complexity index is 2830. The van der Waals surface area contributed by atoms with E-state index in [0.29, 0.717) is 0 Å². The molecule has 0 saturated heterocycles. The van der Waals surface area contributed by atoms with Crippen molar-refractivity contribution in [2.24, 2.45) is 0 Å². The van der Waals surface area contributed by atoms with Gasteiger partial charge in [-0.15, -0.1) is 0 Å². The molecule has 0 radical (unpaired) electrons. The lowest BCUT2D eigenvalue weighted by Gasteiger charge is -2.24. The van der Waals surface area contributed by atoms with E-state index in [0.717, 1.165) is 0 Å². The number of hydrogen-bond acceptors (Lipinski definition) is 0. The van der Waals surface area contributed by atoms with Gasteiger partial charge < -0.3 is 0 Å². The molecular weight excluding hydrogens is 649 g/mol. The van der Waals surface area contributed by atoms with Crippen LogP contribution in [0.3, 0.4) is 0 Å². The van der Waals surface area contributed by atoms with E-state index >= 15 is 0 Å². The summed E-state index contributed by atoms with van der Waals surface area (Å²) in [4.78, 5) is 0. The Morgan fingerprint density at radius 2 is 0.741 bits per heavy atom. The average molecular weight is 695 g/mol. The summed E-state index contributed by atoms with van der Waals surface area (Å²) in [5.41, 5.74) is 20.0. The van der Waals surface area contributed by atoms with Gasteiger partial charge in [0.25, 0.3) is 0 Å². The van der Waals surface area contributed by atoms with Crippen LogP contribution in [0.4, 0.5) is 0 Å². The molecule has 0 amide bonds. The quantitative estimate of drug-likeness (QED) is 0.162. The van der Waals surface area contributed by atoms with Crippen LogP contribution in [-0.2, 0) is 16.2 Å². The van der Waals surface area contributed by atoms with Gasteiger partial charge in [0.1, 0.15) is 0 Å². The van der Waals surface area contributed by atoms with E-state index in [-0.39, 0.29) is 16.2 Å². The lowest BCUT2D eigenvalue weighted by molar-refractivity contribution is 0.590. The van der Waals surface area contributed by atoms with Gasteiger partial charge in [-0.1, -0.05) is 182 Å². The minimum absolute atomic E-state index is 0.0542. The Labute approximate surface area is 320 Å². The largest absolute Gasteiger partial charge is 0.0619 e. The van der Waals surface area contributed by atoms with Crippen LogP contribution < -0.4 is 0 Å². The zero-order valence-electron chi connectivity index (χ0n) is 32.4. The van der Waals surface area contributed by atoms with Crippen molar-refractivity contribution in [3.05, 3.63) is 179 Å². The van der Waals surface area contributed by atoms with Crippen molar-refractivity contribution in [3.8, 4) is 55.6 Å². The van der Waals surface area contributed by atoms with Gasteiger partial charge >= 0.3 is 0 Å². The molecule has 2 aliphatic carbocycles. The molecule has 0 atom stereocenters. The first-order chi connectivity index (χ1) is 25.9. The summed E-state index contributed by atoms with van der Waals surface area (Å²) in [5.74, 6) is 0. The number of fused-ring (bicyclic) bond motifs is 8. The molecule has 0 saturated carbocycles. The molecule has 54 heavy (non-hydrogen) atoms. The maximum atomic E-state index is 2.50. The monoisotopic (exact) mass is 694 g/mol. The van der Waals surface area contributed by atoms with Gasteiger partial charge in [-0.2, -0.15) is 0 Å². The van der Waals surface area contributed by atoms with E-state index in [2.05, 4.69) is 200 Å². The standard InChI is InChI=1S/C54H46/c1-52(2,3)37-25-20-33(21-26-37)50-42-16-8-9-17-43(42)51(36-24-28-41-39-15-11-13-19-47(39)54(6,7)49(41)32-36)45-30-34(23-29-44(45)50)35-22-27-40-38-14-10-12-18-46(38)53(4,5)48(40)31-35/h8-32H,1-7H3. The molecule has 2 aliphatic rings.